The molecule has 0 radical (unpaired) electrons. The fourth-order valence-corrected chi connectivity index (χ4v) is 2.84. The Kier molecular flexibility index (Phi) is 4.55. The summed E-state index contributed by atoms with van der Waals surface area (Å²) in [5.41, 5.74) is 6.78. The predicted octanol–water partition coefficient (Wildman–Crippen LogP) is 3.37. The first-order chi connectivity index (χ1) is 9.11. The van der Waals surface area contributed by atoms with Crippen LogP contribution in [-0.2, 0) is 0 Å². The number of hydrogen-bond donors (Lipinski definition) is 2. The van der Waals surface area contributed by atoms with Gasteiger partial charge in [-0.15, -0.1) is 11.3 Å². The summed E-state index contributed by atoms with van der Waals surface area (Å²) in [6.45, 7) is 2.01. The van der Waals surface area contributed by atoms with Gasteiger partial charge in [0.1, 0.15) is 5.01 Å². The van der Waals surface area contributed by atoms with Crippen LogP contribution in [0.5, 0.6) is 0 Å². The molecule has 0 aliphatic heterocycles. The van der Waals surface area contributed by atoms with Crippen LogP contribution in [0, 0.1) is 0 Å². The zero-order chi connectivity index (χ0) is 13.8. The van der Waals surface area contributed by atoms with E-state index in [1.807, 2.05) is 18.4 Å². The van der Waals surface area contributed by atoms with E-state index in [0.29, 0.717) is 11.3 Å². The van der Waals surface area contributed by atoms with Crippen LogP contribution in [0.3, 0.4) is 0 Å². The maximum absolute atomic E-state index is 12.2. The summed E-state index contributed by atoms with van der Waals surface area (Å²) < 4.78 is 0.828. The molecule has 0 saturated heterocycles. The maximum atomic E-state index is 12.2. The van der Waals surface area contributed by atoms with E-state index in [2.05, 4.69) is 26.2 Å². The maximum Gasteiger partial charge on any atom is 0.253 e. The molecule has 100 valence electrons. The van der Waals surface area contributed by atoms with Gasteiger partial charge in [-0.2, -0.15) is 0 Å². The topological polar surface area (TPSA) is 68.0 Å². The minimum absolute atomic E-state index is 0.0779. The summed E-state index contributed by atoms with van der Waals surface area (Å²) >= 11 is 4.87. The summed E-state index contributed by atoms with van der Waals surface area (Å²) in [6, 6.07) is 5.16. The lowest BCUT2D eigenvalue weighted by atomic mass is 10.1. The third kappa shape index (κ3) is 3.33. The second-order valence-electron chi connectivity index (χ2n) is 4.04. The lowest BCUT2D eigenvalue weighted by molar-refractivity contribution is 0.0936. The lowest BCUT2D eigenvalue weighted by Gasteiger charge is -2.15. The highest BCUT2D eigenvalue weighted by Gasteiger charge is 2.17. The number of aromatic nitrogens is 1. The molecule has 4 nitrogen and oxygen atoms in total. The lowest BCUT2D eigenvalue weighted by Crippen LogP contribution is -2.28. The van der Waals surface area contributed by atoms with Crippen molar-refractivity contribution in [3.63, 3.8) is 0 Å². The third-order valence-corrected chi connectivity index (χ3v) is 4.11. The van der Waals surface area contributed by atoms with Gasteiger partial charge in [0, 0.05) is 21.7 Å². The first-order valence-electron chi connectivity index (χ1n) is 5.87. The number of rotatable bonds is 4. The Hall–Kier alpha value is -1.40. The van der Waals surface area contributed by atoms with Crippen LogP contribution in [-0.4, -0.2) is 10.9 Å². The first-order valence-corrected chi connectivity index (χ1v) is 7.54. The number of carbonyl (C=O) groups excluding carboxylic acids is 1. The van der Waals surface area contributed by atoms with Gasteiger partial charge in [-0.1, -0.05) is 22.9 Å². The van der Waals surface area contributed by atoms with Crippen molar-refractivity contribution in [2.24, 2.45) is 0 Å². The standard InChI is InChI=1S/C13H14BrN3OS/c1-2-11(13-16-5-6-19-13)17-12(18)9-7-8(14)3-4-10(9)15/h3-7,11H,2,15H2,1H3,(H,17,18). The van der Waals surface area contributed by atoms with Crippen molar-refractivity contribution in [3.8, 4) is 0 Å². The number of anilines is 1. The summed E-state index contributed by atoms with van der Waals surface area (Å²) in [7, 11) is 0. The molecule has 1 aromatic heterocycles. The van der Waals surface area contributed by atoms with Crippen LogP contribution >= 0.6 is 27.3 Å². The zero-order valence-electron chi connectivity index (χ0n) is 10.4. The number of halogens is 1. The smallest absolute Gasteiger partial charge is 0.253 e. The Morgan fingerprint density at radius 2 is 2.37 bits per heavy atom. The van der Waals surface area contributed by atoms with E-state index in [0.717, 1.165) is 15.9 Å². The fourth-order valence-electron chi connectivity index (χ4n) is 1.71. The predicted molar refractivity (Wildman–Crippen MR) is 81.2 cm³/mol. The zero-order valence-corrected chi connectivity index (χ0v) is 12.8. The second-order valence-corrected chi connectivity index (χ2v) is 5.88. The van der Waals surface area contributed by atoms with Crippen LogP contribution in [0.1, 0.15) is 34.8 Å². The Morgan fingerprint density at radius 3 is 3.00 bits per heavy atom. The van der Waals surface area contributed by atoms with Crippen LogP contribution < -0.4 is 11.1 Å². The molecule has 0 fully saturated rings. The van der Waals surface area contributed by atoms with Crippen molar-refractivity contribution >= 4 is 38.9 Å². The van der Waals surface area contributed by atoms with Gasteiger partial charge >= 0.3 is 0 Å². The normalized spacial score (nSPS) is 12.1. The number of hydrogen-bond acceptors (Lipinski definition) is 4. The van der Waals surface area contributed by atoms with Crippen molar-refractivity contribution in [2.75, 3.05) is 5.73 Å². The summed E-state index contributed by atoms with van der Waals surface area (Å²) in [5.74, 6) is -0.180. The molecule has 3 N–H and O–H groups in total. The van der Waals surface area contributed by atoms with E-state index in [1.54, 1.807) is 18.3 Å². The average molecular weight is 340 g/mol. The van der Waals surface area contributed by atoms with E-state index in [1.165, 1.54) is 11.3 Å². The molecule has 0 aliphatic rings. The van der Waals surface area contributed by atoms with E-state index < -0.39 is 0 Å². The number of benzene rings is 1. The Balaban J connectivity index is 2.18. The van der Waals surface area contributed by atoms with Gasteiger partial charge in [0.25, 0.3) is 5.91 Å². The monoisotopic (exact) mass is 339 g/mol. The van der Waals surface area contributed by atoms with Crippen LogP contribution in [0.15, 0.2) is 34.2 Å². The van der Waals surface area contributed by atoms with Gasteiger partial charge < -0.3 is 11.1 Å². The number of thiazole rings is 1. The Morgan fingerprint density at radius 1 is 1.58 bits per heavy atom. The van der Waals surface area contributed by atoms with Gasteiger partial charge in [-0.25, -0.2) is 4.98 Å². The molecule has 1 heterocycles. The fraction of sp³-hybridized carbons (Fsp3) is 0.231. The van der Waals surface area contributed by atoms with Crippen molar-refractivity contribution in [3.05, 3.63) is 44.8 Å². The summed E-state index contributed by atoms with van der Waals surface area (Å²) in [4.78, 5) is 16.5. The molecular weight excluding hydrogens is 326 g/mol. The van der Waals surface area contributed by atoms with Gasteiger partial charge in [-0.05, 0) is 24.6 Å². The van der Waals surface area contributed by atoms with E-state index in [4.69, 9.17) is 5.73 Å². The van der Waals surface area contributed by atoms with Gasteiger partial charge in [0.05, 0.1) is 11.6 Å². The van der Waals surface area contributed by atoms with Gasteiger partial charge in [0.15, 0.2) is 0 Å². The molecule has 0 saturated carbocycles. The summed E-state index contributed by atoms with van der Waals surface area (Å²) in [5, 5.41) is 5.77. The number of carbonyl (C=O) groups is 1. The van der Waals surface area contributed by atoms with Crippen LogP contribution in [0.4, 0.5) is 5.69 Å². The van der Waals surface area contributed by atoms with Crippen molar-refractivity contribution in [1.82, 2.24) is 10.3 Å². The number of nitrogens with zero attached hydrogens (tertiary/aromatic N) is 1. The molecule has 0 bridgehead atoms. The highest BCUT2D eigenvalue weighted by atomic mass is 79.9. The number of nitrogens with one attached hydrogen (secondary N) is 1. The first kappa shape index (κ1) is 14.0. The SMILES string of the molecule is CCC(NC(=O)c1cc(Br)ccc1N)c1nccs1. The molecule has 1 atom stereocenters. The van der Waals surface area contributed by atoms with Crippen LogP contribution in [0.25, 0.3) is 0 Å². The van der Waals surface area contributed by atoms with E-state index >= 15 is 0 Å². The molecule has 0 spiro atoms. The highest BCUT2D eigenvalue weighted by molar-refractivity contribution is 9.10. The quantitative estimate of drug-likeness (QED) is 0.839. The third-order valence-electron chi connectivity index (χ3n) is 2.72. The largest absolute Gasteiger partial charge is 0.398 e. The minimum Gasteiger partial charge on any atom is -0.398 e. The number of amides is 1. The van der Waals surface area contributed by atoms with Gasteiger partial charge in [0.2, 0.25) is 0 Å². The van der Waals surface area contributed by atoms with Crippen molar-refractivity contribution in [2.45, 2.75) is 19.4 Å². The van der Waals surface area contributed by atoms with Gasteiger partial charge in [-0.3, -0.25) is 4.79 Å². The minimum atomic E-state index is -0.180. The Labute approximate surface area is 124 Å². The van der Waals surface area contributed by atoms with Crippen LogP contribution in [0.2, 0.25) is 0 Å². The van der Waals surface area contributed by atoms with Crippen molar-refractivity contribution < 1.29 is 4.79 Å². The molecule has 2 rings (SSSR count). The Bertz CT molecular complexity index is 571. The van der Waals surface area contributed by atoms with E-state index in [-0.39, 0.29) is 11.9 Å². The summed E-state index contributed by atoms with van der Waals surface area (Å²) in [6.07, 6.45) is 2.52. The average Bonchev–Trinajstić information content (AvgIpc) is 2.92. The molecule has 1 unspecified atom stereocenters. The van der Waals surface area contributed by atoms with Crippen molar-refractivity contribution in [1.29, 1.82) is 0 Å². The molecule has 0 aliphatic carbocycles. The molecule has 6 heteroatoms. The molecule has 2 aromatic rings. The molecular formula is C13H14BrN3OS. The molecule has 19 heavy (non-hydrogen) atoms. The van der Waals surface area contributed by atoms with E-state index in [9.17, 15) is 4.79 Å². The number of nitrogens with two attached hydrogens (primary N) is 1. The second kappa shape index (κ2) is 6.16. The molecule has 1 aromatic carbocycles. The molecule has 1 amide bonds. The highest BCUT2D eigenvalue weighted by Crippen LogP contribution is 2.22. The number of nitrogen functional groups attached to an aromatic ring is 1.